The van der Waals surface area contributed by atoms with E-state index >= 15 is 0 Å². The Kier molecular flexibility index (Phi) is 8.49. The predicted molar refractivity (Wildman–Crippen MR) is 137 cm³/mol. The summed E-state index contributed by atoms with van der Waals surface area (Å²) in [4.78, 5) is 56.7. The molecule has 3 heterocycles. The number of rotatable bonds is 3. The molecular formula is C26H34N6O6. The third-order valence-electron chi connectivity index (χ3n) is 6.61. The molecule has 2 aliphatic rings. The van der Waals surface area contributed by atoms with Gasteiger partial charge in [-0.05, 0) is 30.5 Å². The number of methoxy groups -OCH3 is 1. The summed E-state index contributed by atoms with van der Waals surface area (Å²) in [6.07, 6.45) is 4.12. The van der Waals surface area contributed by atoms with E-state index in [2.05, 4.69) is 20.9 Å². The normalized spacial score (nSPS) is 21.1. The standard InChI is InChI=1S/C26H34N6O6/c1-16(2)23-25(35)28-9-11-31-10-8-27-24(31)17-4-6-19(37-3)20(14-17)38-13-12-32(15-22(34)30-23)26(36)18-5-7-21(33)29-18/h4,6,8,10,14,16,18,23H,5,7,9,11-13,15H2,1-3H3,(H,28,35)(H,29,33)(H,30,34)/t18-,23+/m0/s1. The predicted octanol–water partition coefficient (Wildman–Crippen LogP) is 0.315. The molecule has 1 aromatic carbocycles. The van der Waals surface area contributed by atoms with E-state index in [0.717, 1.165) is 5.56 Å². The number of amides is 4. The van der Waals surface area contributed by atoms with Crippen LogP contribution in [0.4, 0.5) is 0 Å². The van der Waals surface area contributed by atoms with Gasteiger partial charge in [-0.1, -0.05) is 13.8 Å². The molecule has 2 aromatic rings. The minimum atomic E-state index is -0.779. The molecule has 0 spiro atoms. The number of aromatic nitrogens is 2. The van der Waals surface area contributed by atoms with Crippen LogP contribution < -0.4 is 25.4 Å². The van der Waals surface area contributed by atoms with Crippen LogP contribution in [0.15, 0.2) is 30.6 Å². The summed E-state index contributed by atoms with van der Waals surface area (Å²) < 4.78 is 13.4. The second-order valence-corrected chi connectivity index (χ2v) is 9.66. The molecule has 38 heavy (non-hydrogen) atoms. The van der Waals surface area contributed by atoms with Crippen molar-refractivity contribution in [3.63, 3.8) is 0 Å². The fourth-order valence-electron chi connectivity index (χ4n) is 4.57. The molecule has 4 rings (SSSR count). The fraction of sp³-hybridized carbons (Fsp3) is 0.500. The van der Waals surface area contributed by atoms with Crippen LogP contribution >= 0.6 is 0 Å². The zero-order chi connectivity index (χ0) is 27.2. The van der Waals surface area contributed by atoms with Gasteiger partial charge in [0.25, 0.3) is 0 Å². The molecule has 204 valence electrons. The van der Waals surface area contributed by atoms with E-state index in [9.17, 15) is 19.2 Å². The quantitative estimate of drug-likeness (QED) is 0.522. The van der Waals surface area contributed by atoms with Crippen molar-refractivity contribution in [2.45, 2.75) is 45.3 Å². The molecular weight excluding hydrogens is 492 g/mol. The maximum absolute atomic E-state index is 13.2. The molecule has 1 fully saturated rings. The van der Waals surface area contributed by atoms with Gasteiger partial charge in [0.15, 0.2) is 11.5 Å². The van der Waals surface area contributed by atoms with Gasteiger partial charge in [-0.25, -0.2) is 4.98 Å². The van der Waals surface area contributed by atoms with Crippen molar-refractivity contribution in [1.82, 2.24) is 30.4 Å². The zero-order valence-corrected chi connectivity index (χ0v) is 21.9. The maximum atomic E-state index is 13.2. The van der Waals surface area contributed by atoms with Gasteiger partial charge in [0, 0.05) is 37.5 Å². The molecule has 2 bridgehead atoms. The first kappa shape index (κ1) is 27.0. The Balaban J connectivity index is 1.63. The van der Waals surface area contributed by atoms with Gasteiger partial charge < -0.3 is 34.9 Å². The van der Waals surface area contributed by atoms with E-state index in [-0.39, 0.29) is 49.8 Å². The van der Waals surface area contributed by atoms with E-state index in [1.165, 1.54) is 12.0 Å². The minimum absolute atomic E-state index is 0.0715. The fourth-order valence-corrected chi connectivity index (χ4v) is 4.57. The van der Waals surface area contributed by atoms with E-state index in [1.807, 2.05) is 30.7 Å². The molecule has 4 amide bonds. The molecule has 1 aromatic heterocycles. The van der Waals surface area contributed by atoms with Crippen LogP contribution in [0, 0.1) is 5.92 Å². The number of fused-ring (bicyclic) bond motifs is 4. The summed E-state index contributed by atoms with van der Waals surface area (Å²) in [7, 11) is 1.54. The second kappa shape index (κ2) is 12.0. The van der Waals surface area contributed by atoms with Gasteiger partial charge in [-0.3, -0.25) is 19.2 Å². The van der Waals surface area contributed by atoms with Gasteiger partial charge in [0.05, 0.1) is 20.2 Å². The summed E-state index contributed by atoms with van der Waals surface area (Å²) in [5.74, 6) is 0.122. The van der Waals surface area contributed by atoms with Crippen LogP contribution in [0.1, 0.15) is 26.7 Å². The highest BCUT2D eigenvalue weighted by molar-refractivity contribution is 5.94. The Morgan fingerprint density at radius 2 is 1.97 bits per heavy atom. The minimum Gasteiger partial charge on any atom is -0.493 e. The molecule has 0 radical (unpaired) electrons. The summed E-state index contributed by atoms with van der Waals surface area (Å²) in [5, 5.41) is 8.32. The average Bonchev–Trinajstić information content (AvgIpc) is 3.54. The molecule has 0 unspecified atom stereocenters. The molecule has 12 nitrogen and oxygen atoms in total. The van der Waals surface area contributed by atoms with Crippen LogP contribution in [0.3, 0.4) is 0 Å². The third kappa shape index (κ3) is 6.24. The molecule has 1 saturated heterocycles. The monoisotopic (exact) mass is 526 g/mol. The number of hydrogen-bond donors (Lipinski definition) is 3. The van der Waals surface area contributed by atoms with Gasteiger partial charge in [0.2, 0.25) is 23.6 Å². The molecule has 2 atom stereocenters. The topological polar surface area (TPSA) is 144 Å². The largest absolute Gasteiger partial charge is 0.493 e. The van der Waals surface area contributed by atoms with E-state index in [0.29, 0.717) is 36.8 Å². The molecule has 0 aliphatic carbocycles. The Morgan fingerprint density at radius 1 is 1.16 bits per heavy atom. The number of imidazole rings is 1. The highest BCUT2D eigenvalue weighted by atomic mass is 16.5. The van der Waals surface area contributed by atoms with Gasteiger partial charge in [0.1, 0.15) is 24.5 Å². The van der Waals surface area contributed by atoms with Crippen LogP contribution in [0.2, 0.25) is 0 Å². The highest BCUT2D eigenvalue weighted by Crippen LogP contribution is 2.32. The van der Waals surface area contributed by atoms with Crippen molar-refractivity contribution in [3.05, 3.63) is 30.6 Å². The first-order chi connectivity index (χ1) is 18.3. The Morgan fingerprint density at radius 3 is 2.68 bits per heavy atom. The van der Waals surface area contributed by atoms with Gasteiger partial charge >= 0.3 is 0 Å². The Labute approximate surface area is 221 Å². The van der Waals surface area contributed by atoms with Crippen molar-refractivity contribution in [3.8, 4) is 22.9 Å². The summed E-state index contributed by atoms with van der Waals surface area (Å²) in [6, 6.07) is 3.97. The van der Waals surface area contributed by atoms with Crippen molar-refractivity contribution in [2.24, 2.45) is 5.92 Å². The summed E-state index contributed by atoms with van der Waals surface area (Å²) in [6.45, 7) is 4.35. The summed E-state index contributed by atoms with van der Waals surface area (Å²) in [5.41, 5.74) is 0.792. The first-order valence-corrected chi connectivity index (χ1v) is 12.7. The van der Waals surface area contributed by atoms with Crippen LogP contribution in [-0.2, 0) is 25.7 Å². The average molecular weight is 527 g/mol. The second-order valence-electron chi connectivity index (χ2n) is 9.66. The number of benzene rings is 1. The third-order valence-corrected chi connectivity index (χ3v) is 6.61. The van der Waals surface area contributed by atoms with E-state index < -0.39 is 18.0 Å². The van der Waals surface area contributed by atoms with Crippen LogP contribution in [-0.4, -0.2) is 83.5 Å². The lowest BCUT2D eigenvalue weighted by molar-refractivity contribution is -0.139. The molecule has 12 heteroatoms. The number of carbonyl (C=O) groups excluding carboxylic acids is 4. The lowest BCUT2D eigenvalue weighted by Crippen LogP contribution is -2.54. The lowest BCUT2D eigenvalue weighted by Gasteiger charge is -2.27. The van der Waals surface area contributed by atoms with Crippen molar-refractivity contribution in [1.29, 1.82) is 0 Å². The number of ether oxygens (including phenoxy) is 2. The maximum Gasteiger partial charge on any atom is 0.245 e. The van der Waals surface area contributed by atoms with Gasteiger partial charge in [-0.15, -0.1) is 0 Å². The highest BCUT2D eigenvalue weighted by Gasteiger charge is 2.33. The first-order valence-electron chi connectivity index (χ1n) is 12.7. The number of nitrogens with zero attached hydrogens (tertiary/aromatic N) is 3. The van der Waals surface area contributed by atoms with E-state index in [4.69, 9.17) is 9.47 Å². The smallest absolute Gasteiger partial charge is 0.245 e. The Bertz CT molecular complexity index is 1190. The molecule has 3 N–H and O–H groups in total. The summed E-state index contributed by atoms with van der Waals surface area (Å²) >= 11 is 0. The number of nitrogens with one attached hydrogen (secondary N) is 3. The number of hydrogen-bond acceptors (Lipinski definition) is 7. The zero-order valence-electron chi connectivity index (χ0n) is 21.9. The molecule has 0 saturated carbocycles. The van der Waals surface area contributed by atoms with Crippen molar-refractivity contribution < 1.29 is 28.7 Å². The van der Waals surface area contributed by atoms with E-state index in [1.54, 1.807) is 18.3 Å². The van der Waals surface area contributed by atoms with Crippen LogP contribution in [0.25, 0.3) is 11.4 Å². The lowest BCUT2D eigenvalue weighted by atomic mass is 10.0. The number of carbonyl (C=O) groups is 4. The molecule has 2 aliphatic heterocycles. The SMILES string of the molecule is COc1ccc2cc1OCCN(C(=O)[C@@H]1CCC(=O)N1)CC(=O)N[C@H](C(C)C)C(=O)NCCn1ccnc1-2. The van der Waals surface area contributed by atoms with Crippen molar-refractivity contribution >= 4 is 23.6 Å². The van der Waals surface area contributed by atoms with Gasteiger partial charge in [-0.2, -0.15) is 0 Å². The van der Waals surface area contributed by atoms with Crippen molar-refractivity contribution in [2.75, 3.05) is 33.4 Å². The van der Waals surface area contributed by atoms with Crippen LogP contribution in [0.5, 0.6) is 11.5 Å². The Hall–Kier alpha value is -4.09.